The van der Waals surface area contributed by atoms with Crippen molar-refractivity contribution in [1.29, 1.82) is 0 Å². The highest BCUT2D eigenvalue weighted by Crippen LogP contribution is 2.13. The predicted octanol–water partition coefficient (Wildman–Crippen LogP) is 2.22. The average molecular weight is 267 g/mol. The van der Waals surface area contributed by atoms with Gasteiger partial charge in [-0.25, -0.2) is 4.98 Å². The van der Waals surface area contributed by atoms with Crippen molar-refractivity contribution in [3.8, 4) is 0 Å². The zero-order valence-corrected chi connectivity index (χ0v) is 12.1. The molecule has 0 aliphatic rings. The molecule has 0 aliphatic carbocycles. The van der Waals surface area contributed by atoms with E-state index in [1.165, 1.54) is 0 Å². The third-order valence-electron chi connectivity index (χ3n) is 2.37. The van der Waals surface area contributed by atoms with Crippen LogP contribution in [0.15, 0.2) is 18.3 Å². The zero-order valence-electron chi connectivity index (χ0n) is 11.3. The van der Waals surface area contributed by atoms with Crippen molar-refractivity contribution in [2.45, 2.75) is 19.1 Å². The minimum absolute atomic E-state index is 0.147. The Hall–Kier alpha value is -1.23. The highest BCUT2D eigenvalue weighted by molar-refractivity contribution is 7.99. The molecular weight excluding hydrogens is 246 g/mol. The van der Waals surface area contributed by atoms with Crippen LogP contribution >= 0.6 is 11.8 Å². The molecule has 1 amide bonds. The van der Waals surface area contributed by atoms with E-state index in [2.05, 4.69) is 23.3 Å². The van der Waals surface area contributed by atoms with Gasteiger partial charge in [0.25, 0.3) is 0 Å². The first kappa shape index (κ1) is 14.8. The Labute approximate surface area is 113 Å². The van der Waals surface area contributed by atoms with Gasteiger partial charge in [-0.3, -0.25) is 4.79 Å². The number of nitrogens with zero attached hydrogens (tertiary/aromatic N) is 2. The van der Waals surface area contributed by atoms with Crippen molar-refractivity contribution in [1.82, 2.24) is 9.88 Å². The molecule has 1 rings (SSSR count). The van der Waals surface area contributed by atoms with Crippen LogP contribution in [0.5, 0.6) is 0 Å². The van der Waals surface area contributed by atoms with Crippen LogP contribution < -0.4 is 5.32 Å². The Morgan fingerprint density at radius 1 is 1.44 bits per heavy atom. The molecule has 100 valence electrons. The zero-order chi connectivity index (χ0) is 13.4. The third kappa shape index (κ3) is 5.40. The average Bonchev–Trinajstić information content (AvgIpc) is 2.37. The minimum Gasteiger partial charge on any atom is -0.370 e. The molecule has 0 aliphatic heterocycles. The Bertz CT molecular complexity index is 365. The van der Waals surface area contributed by atoms with Crippen molar-refractivity contribution in [3.05, 3.63) is 23.9 Å². The summed E-state index contributed by atoms with van der Waals surface area (Å²) in [4.78, 5) is 17.3. The van der Waals surface area contributed by atoms with Crippen molar-refractivity contribution >= 4 is 23.5 Å². The van der Waals surface area contributed by atoms with Crippen molar-refractivity contribution in [3.63, 3.8) is 0 Å². The molecule has 0 fully saturated rings. The summed E-state index contributed by atoms with van der Waals surface area (Å²) in [6.45, 7) is 3.07. The van der Waals surface area contributed by atoms with Gasteiger partial charge in [0.2, 0.25) is 5.91 Å². The van der Waals surface area contributed by atoms with Crippen molar-refractivity contribution < 1.29 is 4.79 Å². The second-order valence-corrected chi connectivity index (χ2v) is 5.25. The van der Waals surface area contributed by atoms with E-state index in [0.29, 0.717) is 5.75 Å². The van der Waals surface area contributed by atoms with E-state index in [-0.39, 0.29) is 5.91 Å². The van der Waals surface area contributed by atoms with E-state index in [4.69, 9.17) is 0 Å². The SMILES string of the molecule is CCCNc1ccc(CSCC(=O)N(C)C)cn1. The van der Waals surface area contributed by atoms with Gasteiger partial charge in [-0.05, 0) is 18.1 Å². The van der Waals surface area contributed by atoms with Crippen LogP contribution in [0.25, 0.3) is 0 Å². The normalized spacial score (nSPS) is 10.2. The number of rotatable bonds is 7. The monoisotopic (exact) mass is 267 g/mol. The van der Waals surface area contributed by atoms with Crippen LogP contribution in [0.1, 0.15) is 18.9 Å². The molecular formula is C13H21N3OS. The fraction of sp³-hybridized carbons (Fsp3) is 0.538. The van der Waals surface area contributed by atoms with Crippen LogP contribution in [0.4, 0.5) is 5.82 Å². The summed E-state index contributed by atoms with van der Waals surface area (Å²) in [7, 11) is 3.55. The molecule has 0 aromatic carbocycles. The summed E-state index contributed by atoms with van der Waals surface area (Å²) in [5.74, 6) is 2.40. The Morgan fingerprint density at radius 3 is 2.78 bits per heavy atom. The number of aromatic nitrogens is 1. The number of hydrogen-bond acceptors (Lipinski definition) is 4. The van der Waals surface area contributed by atoms with Gasteiger partial charge >= 0.3 is 0 Å². The van der Waals surface area contributed by atoms with Gasteiger partial charge < -0.3 is 10.2 Å². The van der Waals surface area contributed by atoms with Crippen LogP contribution in [-0.2, 0) is 10.5 Å². The first-order chi connectivity index (χ1) is 8.63. The number of hydrogen-bond donors (Lipinski definition) is 1. The molecule has 0 spiro atoms. The molecule has 0 atom stereocenters. The molecule has 1 heterocycles. The molecule has 0 unspecified atom stereocenters. The highest BCUT2D eigenvalue weighted by Gasteiger charge is 2.04. The lowest BCUT2D eigenvalue weighted by Gasteiger charge is -2.09. The lowest BCUT2D eigenvalue weighted by Crippen LogP contribution is -2.23. The summed E-state index contributed by atoms with van der Waals surface area (Å²) < 4.78 is 0. The topological polar surface area (TPSA) is 45.2 Å². The number of thioether (sulfide) groups is 1. The van der Waals surface area contributed by atoms with Crippen LogP contribution in [-0.4, -0.2) is 42.2 Å². The molecule has 18 heavy (non-hydrogen) atoms. The van der Waals surface area contributed by atoms with Gasteiger partial charge in [0, 0.05) is 32.6 Å². The number of nitrogens with one attached hydrogen (secondary N) is 1. The largest absolute Gasteiger partial charge is 0.370 e. The molecule has 1 N–H and O–H groups in total. The highest BCUT2D eigenvalue weighted by atomic mass is 32.2. The number of anilines is 1. The van der Waals surface area contributed by atoms with Gasteiger partial charge in [0.05, 0.1) is 5.75 Å². The van der Waals surface area contributed by atoms with Gasteiger partial charge in [0.15, 0.2) is 0 Å². The smallest absolute Gasteiger partial charge is 0.232 e. The standard InChI is InChI=1S/C13H21N3OS/c1-4-7-14-12-6-5-11(8-15-12)9-18-10-13(17)16(2)3/h5-6,8H,4,7,9-10H2,1-3H3,(H,14,15). The van der Waals surface area contributed by atoms with Gasteiger partial charge in [-0.1, -0.05) is 13.0 Å². The fourth-order valence-electron chi connectivity index (χ4n) is 1.25. The molecule has 1 aromatic heterocycles. The second kappa shape index (κ2) is 7.97. The van der Waals surface area contributed by atoms with Gasteiger partial charge in [-0.15, -0.1) is 11.8 Å². The van der Waals surface area contributed by atoms with Crippen LogP contribution in [0.2, 0.25) is 0 Å². The molecule has 0 radical (unpaired) electrons. The summed E-state index contributed by atoms with van der Waals surface area (Å²) in [6, 6.07) is 4.04. The molecule has 0 saturated carbocycles. The molecule has 4 nitrogen and oxygen atoms in total. The maximum Gasteiger partial charge on any atom is 0.232 e. The van der Waals surface area contributed by atoms with Gasteiger partial charge in [0.1, 0.15) is 5.82 Å². The molecule has 0 saturated heterocycles. The summed E-state index contributed by atoms with van der Waals surface area (Å²) in [5, 5.41) is 3.23. The van der Waals surface area contributed by atoms with Crippen LogP contribution in [0, 0.1) is 0 Å². The first-order valence-corrected chi connectivity index (χ1v) is 7.25. The molecule has 5 heteroatoms. The first-order valence-electron chi connectivity index (χ1n) is 6.10. The number of pyridine rings is 1. The number of carbonyl (C=O) groups excluding carboxylic acids is 1. The van der Waals surface area contributed by atoms with E-state index >= 15 is 0 Å². The number of carbonyl (C=O) groups is 1. The number of amides is 1. The fourth-order valence-corrected chi connectivity index (χ4v) is 2.19. The van der Waals surface area contributed by atoms with E-state index in [1.807, 2.05) is 12.3 Å². The van der Waals surface area contributed by atoms with Crippen LogP contribution in [0.3, 0.4) is 0 Å². The summed E-state index contributed by atoms with van der Waals surface area (Å²) in [6.07, 6.45) is 2.96. The van der Waals surface area contributed by atoms with E-state index in [1.54, 1.807) is 30.8 Å². The van der Waals surface area contributed by atoms with E-state index < -0.39 is 0 Å². The second-order valence-electron chi connectivity index (χ2n) is 4.26. The predicted molar refractivity (Wildman–Crippen MR) is 77.9 cm³/mol. The Morgan fingerprint density at radius 2 is 2.22 bits per heavy atom. The minimum atomic E-state index is 0.147. The molecule has 1 aromatic rings. The molecule has 0 bridgehead atoms. The quantitative estimate of drug-likeness (QED) is 0.823. The van der Waals surface area contributed by atoms with Crippen molar-refractivity contribution in [2.24, 2.45) is 0 Å². The van der Waals surface area contributed by atoms with E-state index in [9.17, 15) is 4.79 Å². The summed E-state index contributed by atoms with van der Waals surface area (Å²) in [5.41, 5.74) is 1.15. The van der Waals surface area contributed by atoms with Crippen molar-refractivity contribution in [2.75, 3.05) is 31.7 Å². The third-order valence-corrected chi connectivity index (χ3v) is 3.36. The maximum absolute atomic E-state index is 11.4. The Kier molecular flexibility index (Phi) is 6.57. The lowest BCUT2D eigenvalue weighted by atomic mass is 10.3. The lowest BCUT2D eigenvalue weighted by molar-refractivity contribution is -0.125. The Balaban J connectivity index is 2.33. The maximum atomic E-state index is 11.4. The van der Waals surface area contributed by atoms with Gasteiger partial charge in [-0.2, -0.15) is 0 Å². The van der Waals surface area contributed by atoms with E-state index in [0.717, 1.165) is 30.1 Å². The summed E-state index contributed by atoms with van der Waals surface area (Å²) >= 11 is 1.61.